The average Bonchev–Trinajstić information content (AvgIpc) is 2.43. The molecule has 0 aliphatic heterocycles. The monoisotopic (exact) mass is 284 g/mol. The zero-order valence-electron chi connectivity index (χ0n) is 12.4. The zero-order valence-corrected chi connectivity index (χ0v) is 12.4. The summed E-state index contributed by atoms with van der Waals surface area (Å²) >= 11 is 0. The van der Waals surface area contributed by atoms with Gasteiger partial charge in [0.1, 0.15) is 6.61 Å². The molecular weight excluding hydrogens is 263 g/mol. The Bertz CT molecular complexity index is 457. The SMILES string of the molecule is COc1ccc(C(=O)COCCC(C)(C)OC)cc1F. The van der Waals surface area contributed by atoms with Gasteiger partial charge in [-0.2, -0.15) is 0 Å². The number of hydrogen-bond donors (Lipinski definition) is 0. The predicted molar refractivity (Wildman–Crippen MR) is 73.8 cm³/mol. The number of ketones is 1. The Hall–Kier alpha value is -1.46. The second-order valence-corrected chi connectivity index (χ2v) is 5.04. The van der Waals surface area contributed by atoms with Gasteiger partial charge >= 0.3 is 0 Å². The van der Waals surface area contributed by atoms with Gasteiger partial charge in [-0.25, -0.2) is 4.39 Å². The molecule has 0 saturated carbocycles. The molecule has 0 amide bonds. The quantitative estimate of drug-likeness (QED) is 0.544. The number of carbonyl (C=O) groups is 1. The van der Waals surface area contributed by atoms with E-state index < -0.39 is 5.82 Å². The van der Waals surface area contributed by atoms with Crippen LogP contribution >= 0.6 is 0 Å². The van der Waals surface area contributed by atoms with Gasteiger partial charge in [0.15, 0.2) is 17.3 Å². The second kappa shape index (κ2) is 7.36. The van der Waals surface area contributed by atoms with Gasteiger partial charge in [0.25, 0.3) is 0 Å². The number of hydrogen-bond acceptors (Lipinski definition) is 4. The van der Waals surface area contributed by atoms with Gasteiger partial charge in [0.05, 0.1) is 12.7 Å². The largest absolute Gasteiger partial charge is 0.494 e. The molecule has 4 nitrogen and oxygen atoms in total. The number of carbonyl (C=O) groups excluding carboxylic acids is 1. The molecule has 1 rings (SSSR count). The van der Waals surface area contributed by atoms with Crippen molar-refractivity contribution in [1.29, 1.82) is 0 Å². The summed E-state index contributed by atoms with van der Waals surface area (Å²) in [7, 11) is 3.01. The van der Waals surface area contributed by atoms with Crippen molar-refractivity contribution in [2.24, 2.45) is 0 Å². The summed E-state index contributed by atoms with van der Waals surface area (Å²) in [4.78, 5) is 11.8. The molecule has 0 aliphatic rings. The number of rotatable bonds is 8. The molecule has 0 radical (unpaired) electrons. The van der Waals surface area contributed by atoms with E-state index in [2.05, 4.69) is 0 Å². The van der Waals surface area contributed by atoms with Gasteiger partial charge in [-0.3, -0.25) is 4.79 Å². The van der Waals surface area contributed by atoms with Crippen LogP contribution < -0.4 is 4.74 Å². The minimum Gasteiger partial charge on any atom is -0.494 e. The van der Waals surface area contributed by atoms with Crippen molar-refractivity contribution < 1.29 is 23.4 Å². The average molecular weight is 284 g/mol. The predicted octanol–water partition coefficient (Wildman–Crippen LogP) is 2.85. The van der Waals surface area contributed by atoms with Crippen molar-refractivity contribution in [2.75, 3.05) is 27.4 Å². The van der Waals surface area contributed by atoms with E-state index in [1.165, 1.54) is 19.2 Å². The van der Waals surface area contributed by atoms with Crippen molar-refractivity contribution >= 4 is 5.78 Å². The molecule has 0 saturated heterocycles. The van der Waals surface area contributed by atoms with E-state index in [1.54, 1.807) is 7.11 Å². The smallest absolute Gasteiger partial charge is 0.188 e. The molecule has 0 unspecified atom stereocenters. The maximum Gasteiger partial charge on any atom is 0.188 e. The first-order chi connectivity index (χ1) is 9.39. The van der Waals surface area contributed by atoms with Crippen molar-refractivity contribution in [1.82, 2.24) is 0 Å². The first-order valence-electron chi connectivity index (χ1n) is 6.39. The molecule has 0 aliphatic carbocycles. The van der Waals surface area contributed by atoms with Crippen LogP contribution in [-0.4, -0.2) is 38.8 Å². The fraction of sp³-hybridized carbons (Fsp3) is 0.533. The number of Topliss-reactive ketones (excluding diaryl/α,β-unsaturated/α-hetero) is 1. The normalized spacial score (nSPS) is 11.4. The number of halogens is 1. The van der Waals surface area contributed by atoms with Gasteiger partial charge in [-0.05, 0) is 38.5 Å². The minimum atomic E-state index is -0.557. The molecule has 1 aromatic rings. The molecule has 0 fully saturated rings. The van der Waals surface area contributed by atoms with E-state index in [4.69, 9.17) is 14.2 Å². The van der Waals surface area contributed by atoms with Gasteiger partial charge < -0.3 is 14.2 Å². The number of ether oxygens (including phenoxy) is 3. The van der Waals surface area contributed by atoms with E-state index >= 15 is 0 Å². The van der Waals surface area contributed by atoms with Crippen LogP contribution in [0.15, 0.2) is 18.2 Å². The fourth-order valence-electron chi connectivity index (χ4n) is 1.51. The van der Waals surface area contributed by atoms with Crippen LogP contribution in [0, 0.1) is 5.82 Å². The summed E-state index contributed by atoms with van der Waals surface area (Å²) < 4.78 is 28.8. The molecule has 112 valence electrons. The Morgan fingerprint density at radius 2 is 2.00 bits per heavy atom. The Morgan fingerprint density at radius 1 is 1.30 bits per heavy atom. The Morgan fingerprint density at radius 3 is 2.55 bits per heavy atom. The molecule has 0 heterocycles. The Balaban J connectivity index is 2.45. The third-order valence-corrected chi connectivity index (χ3v) is 3.11. The summed E-state index contributed by atoms with van der Waals surface area (Å²) in [6.45, 7) is 4.21. The molecular formula is C15H21FO4. The highest BCUT2D eigenvalue weighted by molar-refractivity contribution is 5.97. The van der Waals surface area contributed by atoms with Crippen LogP contribution in [0.1, 0.15) is 30.6 Å². The van der Waals surface area contributed by atoms with Crippen molar-refractivity contribution in [3.8, 4) is 5.75 Å². The van der Waals surface area contributed by atoms with Crippen molar-refractivity contribution in [2.45, 2.75) is 25.9 Å². The standard InChI is InChI=1S/C15H21FO4/c1-15(2,19-4)7-8-20-10-13(17)11-5-6-14(18-3)12(16)9-11/h5-6,9H,7-8,10H2,1-4H3. The highest BCUT2D eigenvalue weighted by Gasteiger charge is 2.16. The van der Waals surface area contributed by atoms with E-state index in [9.17, 15) is 9.18 Å². The topological polar surface area (TPSA) is 44.8 Å². The molecule has 1 aromatic carbocycles. The molecule has 0 bridgehead atoms. The summed E-state index contributed by atoms with van der Waals surface area (Å²) in [5.74, 6) is -0.704. The molecule has 0 N–H and O–H groups in total. The molecule has 5 heteroatoms. The highest BCUT2D eigenvalue weighted by Crippen LogP contribution is 2.18. The Kier molecular flexibility index (Phi) is 6.10. The van der Waals surface area contributed by atoms with Crippen molar-refractivity contribution in [3.63, 3.8) is 0 Å². The molecule has 20 heavy (non-hydrogen) atoms. The number of methoxy groups -OCH3 is 2. The van der Waals surface area contributed by atoms with Gasteiger partial charge in [-0.15, -0.1) is 0 Å². The van der Waals surface area contributed by atoms with Gasteiger partial charge in [-0.1, -0.05) is 0 Å². The van der Waals surface area contributed by atoms with Crippen LogP contribution in [0.3, 0.4) is 0 Å². The zero-order chi connectivity index (χ0) is 15.2. The maximum absolute atomic E-state index is 13.5. The minimum absolute atomic E-state index is 0.0778. The fourth-order valence-corrected chi connectivity index (χ4v) is 1.51. The van der Waals surface area contributed by atoms with E-state index in [-0.39, 0.29) is 29.3 Å². The summed E-state index contributed by atoms with van der Waals surface area (Å²) in [6, 6.07) is 4.10. The van der Waals surface area contributed by atoms with Crippen LogP contribution in [0.4, 0.5) is 4.39 Å². The van der Waals surface area contributed by atoms with Gasteiger partial charge in [0, 0.05) is 19.3 Å². The first kappa shape index (κ1) is 16.6. The molecule has 0 atom stereocenters. The van der Waals surface area contributed by atoms with Crippen LogP contribution in [-0.2, 0) is 9.47 Å². The summed E-state index contributed by atoms with van der Waals surface area (Å²) in [6.07, 6.45) is 0.674. The first-order valence-corrected chi connectivity index (χ1v) is 6.39. The third-order valence-electron chi connectivity index (χ3n) is 3.11. The van der Waals surface area contributed by atoms with E-state index in [0.29, 0.717) is 13.0 Å². The van der Waals surface area contributed by atoms with Gasteiger partial charge in [0.2, 0.25) is 0 Å². The second-order valence-electron chi connectivity index (χ2n) is 5.04. The lowest BCUT2D eigenvalue weighted by Gasteiger charge is -2.22. The van der Waals surface area contributed by atoms with E-state index in [1.807, 2.05) is 13.8 Å². The van der Waals surface area contributed by atoms with Crippen molar-refractivity contribution in [3.05, 3.63) is 29.6 Å². The lowest BCUT2D eigenvalue weighted by Crippen LogP contribution is -2.25. The van der Waals surface area contributed by atoms with Crippen LogP contribution in [0.2, 0.25) is 0 Å². The summed E-state index contributed by atoms with van der Waals surface area (Å²) in [5, 5.41) is 0. The lowest BCUT2D eigenvalue weighted by molar-refractivity contribution is -0.00837. The summed E-state index contributed by atoms with van der Waals surface area (Å²) in [5.41, 5.74) is -0.00997. The maximum atomic E-state index is 13.5. The Labute approximate surface area is 118 Å². The van der Waals surface area contributed by atoms with Crippen LogP contribution in [0.25, 0.3) is 0 Å². The molecule has 0 aromatic heterocycles. The highest BCUT2D eigenvalue weighted by atomic mass is 19.1. The molecule has 0 spiro atoms. The number of benzene rings is 1. The lowest BCUT2D eigenvalue weighted by atomic mass is 10.1. The van der Waals surface area contributed by atoms with E-state index in [0.717, 1.165) is 6.07 Å². The third kappa shape index (κ3) is 4.90. The van der Waals surface area contributed by atoms with Crippen LogP contribution in [0.5, 0.6) is 5.75 Å².